The molecule has 0 radical (unpaired) electrons. The van der Waals surface area contributed by atoms with Gasteiger partial charge in [0.2, 0.25) is 0 Å². The number of hydrogen-bond donors (Lipinski definition) is 0. The third kappa shape index (κ3) is 2.37. The van der Waals surface area contributed by atoms with Crippen molar-refractivity contribution in [1.82, 2.24) is 4.90 Å². The smallest absolute Gasteiger partial charge is 0.152 e. The monoisotopic (exact) mass is 262 g/mol. The minimum Gasteiger partial charge on any atom is -0.367 e. The number of anilines is 1. The summed E-state index contributed by atoms with van der Waals surface area (Å²) >= 11 is 0. The molecule has 102 valence electrons. The maximum Gasteiger partial charge on any atom is 0.152 e. The Morgan fingerprint density at radius 3 is 2.74 bits per heavy atom. The maximum absolute atomic E-state index is 14.0. The zero-order valence-electron chi connectivity index (χ0n) is 11.0. The highest BCUT2D eigenvalue weighted by Gasteiger charge is 2.31. The molecule has 1 unspecified atom stereocenters. The van der Waals surface area contributed by atoms with Crippen molar-refractivity contribution in [2.45, 2.75) is 25.3 Å². The van der Waals surface area contributed by atoms with Gasteiger partial charge in [-0.15, -0.1) is 0 Å². The molecule has 0 aromatic heterocycles. The van der Waals surface area contributed by atoms with Gasteiger partial charge in [0, 0.05) is 24.7 Å². The van der Waals surface area contributed by atoms with Crippen LogP contribution in [0, 0.1) is 5.82 Å². The van der Waals surface area contributed by atoms with Gasteiger partial charge in [-0.2, -0.15) is 0 Å². The number of nitrogens with zero attached hydrogens (tertiary/aromatic N) is 2. The van der Waals surface area contributed by atoms with E-state index >= 15 is 0 Å². The Morgan fingerprint density at radius 1 is 1.21 bits per heavy atom. The summed E-state index contributed by atoms with van der Waals surface area (Å²) in [7, 11) is 0. The number of carbonyl (C=O) groups is 1. The van der Waals surface area contributed by atoms with Crippen molar-refractivity contribution in [3.63, 3.8) is 0 Å². The fraction of sp³-hybridized carbons (Fsp3) is 0.533. The molecule has 2 aliphatic heterocycles. The third-order valence-electron chi connectivity index (χ3n) is 4.28. The van der Waals surface area contributed by atoms with Crippen LogP contribution in [0.15, 0.2) is 18.2 Å². The van der Waals surface area contributed by atoms with Crippen molar-refractivity contribution in [2.75, 3.05) is 31.1 Å². The predicted molar refractivity (Wildman–Crippen MR) is 73.2 cm³/mol. The second-order valence-corrected chi connectivity index (χ2v) is 5.43. The number of para-hydroxylation sites is 1. The second kappa shape index (κ2) is 5.29. The van der Waals surface area contributed by atoms with E-state index < -0.39 is 0 Å². The number of aldehydes is 1. The summed E-state index contributed by atoms with van der Waals surface area (Å²) in [5, 5.41) is 0. The van der Waals surface area contributed by atoms with Gasteiger partial charge in [-0.3, -0.25) is 9.69 Å². The van der Waals surface area contributed by atoms with E-state index in [9.17, 15) is 9.18 Å². The molecule has 0 spiro atoms. The van der Waals surface area contributed by atoms with Gasteiger partial charge in [-0.25, -0.2) is 4.39 Å². The van der Waals surface area contributed by atoms with Crippen LogP contribution in [0.5, 0.6) is 0 Å². The van der Waals surface area contributed by atoms with Crippen LogP contribution < -0.4 is 4.90 Å². The number of carbonyl (C=O) groups excluding carboxylic acids is 1. The summed E-state index contributed by atoms with van der Waals surface area (Å²) in [5.41, 5.74) is 0.946. The van der Waals surface area contributed by atoms with E-state index in [0.29, 0.717) is 17.3 Å². The molecule has 1 aromatic rings. The summed E-state index contributed by atoms with van der Waals surface area (Å²) in [5.74, 6) is -0.285. The molecule has 0 aliphatic carbocycles. The van der Waals surface area contributed by atoms with E-state index in [1.165, 1.54) is 18.9 Å². The Labute approximate surface area is 113 Å². The summed E-state index contributed by atoms with van der Waals surface area (Å²) in [4.78, 5) is 15.6. The van der Waals surface area contributed by atoms with Crippen LogP contribution >= 0.6 is 0 Å². The minimum absolute atomic E-state index is 0.285. The topological polar surface area (TPSA) is 23.6 Å². The molecule has 0 saturated carbocycles. The first kappa shape index (κ1) is 12.6. The first-order valence-electron chi connectivity index (χ1n) is 7.02. The maximum atomic E-state index is 14.0. The summed E-state index contributed by atoms with van der Waals surface area (Å²) in [6.07, 6.45) is 4.36. The number of rotatable bonds is 3. The Bertz CT molecular complexity index is 471. The molecule has 3 nitrogen and oxygen atoms in total. The van der Waals surface area contributed by atoms with Gasteiger partial charge in [0.25, 0.3) is 0 Å². The van der Waals surface area contributed by atoms with Crippen molar-refractivity contribution in [1.29, 1.82) is 0 Å². The average Bonchev–Trinajstić information content (AvgIpc) is 3.08. The molecule has 2 aliphatic rings. The zero-order valence-corrected chi connectivity index (χ0v) is 11.0. The van der Waals surface area contributed by atoms with Crippen molar-refractivity contribution < 1.29 is 9.18 Å². The summed E-state index contributed by atoms with van der Waals surface area (Å²) in [6.45, 7) is 4.00. The largest absolute Gasteiger partial charge is 0.367 e. The van der Waals surface area contributed by atoms with Crippen LogP contribution in [0.4, 0.5) is 10.1 Å². The molecule has 1 atom stereocenters. The molecule has 1 aromatic carbocycles. The third-order valence-corrected chi connectivity index (χ3v) is 4.28. The lowest BCUT2D eigenvalue weighted by atomic mass is 10.1. The zero-order chi connectivity index (χ0) is 13.2. The quantitative estimate of drug-likeness (QED) is 0.781. The van der Waals surface area contributed by atoms with E-state index in [1.54, 1.807) is 12.1 Å². The Morgan fingerprint density at radius 2 is 2.00 bits per heavy atom. The van der Waals surface area contributed by atoms with Gasteiger partial charge in [0.1, 0.15) is 5.82 Å². The normalized spacial score (nSPS) is 24.1. The van der Waals surface area contributed by atoms with Crippen LogP contribution in [0.3, 0.4) is 0 Å². The highest BCUT2D eigenvalue weighted by Crippen LogP contribution is 2.29. The van der Waals surface area contributed by atoms with Crippen LogP contribution in [0.1, 0.15) is 29.6 Å². The van der Waals surface area contributed by atoms with Gasteiger partial charge in [0.15, 0.2) is 6.29 Å². The fourth-order valence-corrected chi connectivity index (χ4v) is 3.31. The average molecular weight is 262 g/mol. The lowest BCUT2D eigenvalue weighted by molar-refractivity contribution is 0.112. The predicted octanol–water partition coefficient (Wildman–Crippen LogP) is 2.31. The molecule has 2 heterocycles. The lowest BCUT2D eigenvalue weighted by Gasteiger charge is -2.25. The van der Waals surface area contributed by atoms with Crippen molar-refractivity contribution in [3.05, 3.63) is 29.6 Å². The molecule has 0 amide bonds. The molecule has 19 heavy (non-hydrogen) atoms. The van der Waals surface area contributed by atoms with Crippen LogP contribution in [-0.2, 0) is 0 Å². The number of likely N-dealkylation sites (tertiary alicyclic amines) is 1. The molecular formula is C15H19FN2O. The van der Waals surface area contributed by atoms with Crippen molar-refractivity contribution >= 4 is 12.0 Å². The summed E-state index contributed by atoms with van der Waals surface area (Å²) in [6, 6.07) is 5.23. The highest BCUT2D eigenvalue weighted by atomic mass is 19.1. The lowest BCUT2D eigenvalue weighted by Crippen LogP contribution is -2.35. The minimum atomic E-state index is -0.285. The number of halogens is 1. The van der Waals surface area contributed by atoms with E-state index in [0.717, 1.165) is 38.9 Å². The van der Waals surface area contributed by atoms with Crippen molar-refractivity contribution in [2.24, 2.45) is 0 Å². The Balaban J connectivity index is 1.79. The standard InChI is InChI=1S/C15H19FN2O/c16-14-5-3-4-12(11-19)15(14)18-9-6-13(10-18)17-7-1-2-8-17/h3-5,11,13H,1-2,6-10H2. The molecule has 0 N–H and O–H groups in total. The first-order valence-corrected chi connectivity index (χ1v) is 7.02. The highest BCUT2D eigenvalue weighted by molar-refractivity contribution is 5.85. The van der Waals surface area contributed by atoms with E-state index in [4.69, 9.17) is 0 Å². The van der Waals surface area contributed by atoms with Crippen LogP contribution in [-0.4, -0.2) is 43.4 Å². The van der Waals surface area contributed by atoms with Gasteiger partial charge >= 0.3 is 0 Å². The SMILES string of the molecule is O=Cc1cccc(F)c1N1CCC(N2CCCC2)C1. The van der Waals surface area contributed by atoms with Gasteiger partial charge in [-0.05, 0) is 44.5 Å². The molecule has 2 fully saturated rings. The second-order valence-electron chi connectivity index (χ2n) is 5.43. The molecule has 4 heteroatoms. The van der Waals surface area contributed by atoms with Crippen LogP contribution in [0.2, 0.25) is 0 Å². The Kier molecular flexibility index (Phi) is 3.51. The van der Waals surface area contributed by atoms with Gasteiger partial charge in [0.05, 0.1) is 5.69 Å². The fourth-order valence-electron chi connectivity index (χ4n) is 3.31. The van der Waals surface area contributed by atoms with Gasteiger partial charge < -0.3 is 4.90 Å². The van der Waals surface area contributed by atoms with E-state index in [1.807, 2.05) is 4.90 Å². The van der Waals surface area contributed by atoms with Crippen molar-refractivity contribution in [3.8, 4) is 0 Å². The Hall–Kier alpha value is -1.42. The summed E-state index contributed by atoms with van der Waals surface area (Å²) < 4.78 is 14.0. The molecular weight excluding hydrogens is 243 g/mol. The molecule has 0 bridgehead atoms. The first-order chi connectivity index (χ1) is 9.29. The molecule has 2 saturated heterocycles. The number of benzene rings is 1. The van der Waals surface area contributed by atoms with E-state index in [-0.39, 0.29) is 5.82 Å². The van der Waals surface area contributed by atoms with Gasteiger partial charge in [-0.1, -0.05) is 6.07 Å². The van der Waals surface area contributed by atoms with E-state index in [2.05, 4.69) is 4.90 Å². The number of hydrogen-bond acceptors (Lipinski definition) is 3. The molecule has 3 rings (SSSR count). The van der Waals surface area contributed by atoms with Crippen LogP contribution in [0.25, 0.3) is 0 Å².